The summed E-state index contributed by atoms with van der Waals surface area (Å²) in [5, 5.41) is 12.7. The summed E-state index contributed by atoms with van der Waals surface area (Å²) in [5.74, 6) is 0.678. The highest BCUT2D eigenvalue weighted by atomic mass is 79.9. The fourth-order valence-corrected chi connectivity index (χ4v) is 2.90. The van der Waals surface area contributed by atoms with Gasteiger partial charge in [0.2, 0.25) is 0 Å². The average molecular weight is 314 g/mol. The van der Waals surface area contributed by atoms with E-state index in [2.05, 4.69) is 26.1 Å². The van der Waals surface area contributed by atoms with Crippen molar-refractivity contribution in [2.45, 2.75) is 0 Å². The van der Waals surface area contributed by atoms with E-state index in [0.717, 1.165) is 26.8 Å². The van der Waals surface area contributed by atoms with E-state index in [1.807, 2.05) is 47.0 Å². The highest BCUT2D eigenvalue weighted by Crippen LogP contribution is 2.33. The van der Waals surface area contributed by atoms with Crippen LogP contribution in [0.4, 0.5) is 0 Å². The summed E-state index contributed by atoms with van der Waals surface area (Å²) in [6, 6.07) is 13.8. The molecule has 2 aromatic carbocycles. The van der Waals surface area contributed by atoms with Crippen LogP contribution >= 0.6 is 15.9 Å². The van der Waals surface area contributed by atoms with Crippen LogP contribution in [0.5, 0.6) is 0 Å². The molecule has 3 aromatic rings. The Kier molecular flexibility index (Phi) is 2.08. The Labute approximate surface area is 117 Å². The molecule has 0 radical (unpaired) electrons. The zero-order valence-electron chi connectivity index (χ0n) is 9.71. The van der Waals surface area contributed by atoms with Gasteiger partial charge in [-0.05, 0) is 30.3 Å². The first kappa shape index (κ1) is 10.8. The molecule has 0 saturated heterocycles. The van der Waals surface area contributed by atoms with Crippen LogP contribution < -0.4 is 0 Å². The van der Waals surface area contributed by atoms with E-state index in [4.69, 9.17) is 0 Å². The number of hydrogen-bond acceptors (Lipinski definition) is 3. The summed E-state index contributed by atoms with van der Waals surface area (Å²) < 4.78 is 2.97. The monoisotopic (exact) mass is 313 g/mol. The Morgan fingerprint density at radius 2 is 2.00 bits per heavy atom. The van der Waals surface area contributed by atoms with Gasteiger partial charge in [-0.2, -0.15) is 0 Å². The second-order valence-electron chi connectivity index (χ2n) is 4.37. The van der Waals surface area contributed by atoms with Gasteiger partial charge in [-0.25, -0.2) is 4.98 Å². The maximum absolute atomic E-state index is 9.29. The summed E-state index contributed by atoms with van der Waals surface area (Å²) >= 11 is 3.44. The summed E-state index contributed by atoms with van der Waals surface area (Å²) in [6.45, 7) is 0. The molecular weight excluding hydrogens is 306 g/mol. The van der Waals surface area contributed by atoms with Crippen LogP contribution in [0.2, 0.25) is 0 Å². The van der Waals surface area contributed by atoms with Gasteiger partial charge in [0, 0.05) is 10.0 Å². The molecule has 1 aromatic heterocycles. The number of benzene rings is 2. The third-order valence-electron chi connectivity index (χ3n) is 3.33. The van der Waals surface area contributed by atoms with Crippen molar-refractivity contribution in [3.63, 3.8) is 0 Å². The quantitative estimate of drug-likeness (QED) is 0.400. The lowest BCUT2D eigenvalue weighted by Crippen LogP contribution is -2.00. The molecule has 0 atom stereocenters. The van der Waals surface area contributed by atoms with Crippen molar-refractivity contribution < 1.29 is 5.21 Å². The van der Waals surface area contributed by atoms with Crippen molar-refractivity contribution in [3.05, 3.63) is 58.3 Å². The summed E-state index contributed by atoms with van der Waals surface area (Å²) in [6.07, 6.45) is 0. The molecule has 5 heteroatoms. The third kappa shape index (κ3) is 1.33. The number of imidazole rings is 1. The molecule has 0 bridgehead atoms. The van der Waals surface area contributed by atoms with Crippen LogP contribution in [-0.2, 0) is 0 Å². The van der Waals surface area contributed by atoms with Crippen molar-refractivity contribution in [3.8, 4) is 5.69 Å². The zero-order valence-corrected chi connectivity index (χ0v) is 11.3. The molecule has 1 N–H and O–H groups in total. The molecule has 2 heterocycles. The highest BCUT2D eigenvalue weighted by Gasteiger charge is 2.29. The summed E-state index contributed by atoms with van der Waals surface area (Å²) in [5.41, 5.74) is 4.28. The number of hydrogen-bond donors (Lipinski definition) is 1. The van der Waals surface area contributed by atoms with Gasteiger partial charge >= 0.3 is 0 Å². The van der Waals surface area contributed by atoms with E-state index in [0.29, 0.717) is 11.5 Å². The van der Waals surface area contributed by atoms with Gasteiger partial charge in [0.1, 0.15) is 0 Å². The average Bonchev–Trinajstić information content (AvgIpc) is 2.92. The van der Waals surface area contributed by atoms with Crippen molar-refractivity contribution >= 4 is 32.7 Å². The van der Waals surface area contributed by atoms with Gasteiger partial charge in [0.15, 0.2) is 11.5 Å². The first-order chi connectivity index (χ1) is 9.29. The molecule has 0 spiro atoms. The topological polar surface area (TPSA) is 50.4 Å². The Hall–Kier alpha value is -2.14. The van der Waals surface area contributed by atoms with E-state index < -0.39 is 0 Å². The lowest BCUT2D eigenvalue weighted by atomic mass is 10.1. The molecule has 4 rings (SSSR count). The summed E-state index contributed by atoms with van der Waals surface area (Å²) in [7, 11) is 0. The number of para-hydroxylation sites is 2. The second-order valence-corrected chi connectivity index (χ2v) is 5.29. The van der Waals surface area contributed by atoms with Gasteiger partial charge in [-0.3, -0.25) is 4.57 Å². The molecule has 1 aliphatic rings. The number of rotatable bonds is 0. The van der Waals surface area contributed by atoms with Gasteiger partial charge in [0.05, 0.1) is 16.7 Å². The van der Waals surface area contributed by atoms with Gasteiger partial charge in [-0.1, -0.05) is 33.2 Å². The largest absolute Gasteiger partial charge is 0.410 e. The third-order valence-corrected chi connectivity index (χ3v) is 3.82. The van der Waals surface area contributed by atoms with Crippen LogP contribution in [0.1, 0.15) is 11.4 Å². The predicted molar refractivity (Wildman–Crippen MR) is 76.2 cm³/mol. The van der Waals surface area contributed by atoms with Crippen LogP contribution in [0.3, 0.4) is 0 Å². The first-order valence-corrected chi connectivity index (χ1v) is 6.59. The van der Waals surface area contributed by atoms with E-state index >= 15 is 0 Å². The molecular formula is C14H8BrN3O. The van der Waals surface area contributed by atoms with Crippen molar-refractivity contribution in [2.75, 3.05) is 0 Å². The van der Waals surface area contributed by atoms with E-state index in [1.165, 1.54) is 0 Å². The predicted octanol–water partition coefficient (Wildman–Crippen LogP) is 3.33. The molecule has 0 amide bonds. The number of aromatic nitrogens is 2. The Morgan fingerprint density at radius 3 is 2.84 bits per heavy atom. The fourth-order valence-electron chi connectivity index (χ4n) is 2.54. The minimum absolute atomic E-state index is 0.507. The van der Waals surface area contributed by atoms with E-state index in [-0.39, 0.29) is 0 Å². The lowest BCUT2D eigenvalue weighted by Gasteiger charge is -2.03. The smallest absolute Gasteiger partial charge is 0.168 e. The molecule has 0 unspecified atom stereocenters. The Bertz CT molecular complexity index is 851. The maximum atomic E-state index is 9.29. The van der Waals surface area contributed by atoms with Crippen LogP contribution in [0.15, 0.2) is 52.1 Å². The lowest BCUT2D eigenvalue weighted by molar-refractivity contribution is 0.319. The van der Waals surface area contributed by atoms with Crippen molar-refractivity contribution in [2.24, 2.45) is 5.16 Å². The van der Waals surface area contributed by atoms with Crippen LogP contribution in [-0.4, -0.2) is 20.5 Å². The fraction of sp³-hybridized carbons (Fsp3) is 0. The molecule has 1 aliphatic heterocycles. The molecule has 19 heavy (non-hydrogen) atoms. The minimum Gasteiger partial charge on any atom is -0.410 e. The first-order valence-electron chi connectivity index (χ1n) is 5.80. The van der Waals surface area contributed by atoms with Gasteiger partial charge < -0.3 is 5.21 Å². The number of fused-ring (bicyclic) bond motifs is 5. The summed E-state index contributed by atoms with van der Waals surface area (Å²) in [4.78, 5) is 4.55. The van der Waals surface area contributed by atoms with Gasteiger partial charge in [0.25, 0.3) is 0 Å². The molecule has 0 saturated carbocycles. The van der Waals surface area contributed by atoms with E-state index in [9.17, 15) is 5.21 Å². The molecule has 0 aliphatic carbocycles. The zero-order chi connectivity index (χ0) is 13.0. The number of halogens is 1. The minimum atomic E-state index is 0.507. The highest BCUT2D eigenvalue weighted by molar-refractivity contribution is 9.10. The standard InChI is InChI=1S/C14H8BrN3O/c15-8-5-6-11-9(7-8)13(17-19)14-16-10-3-1-2-4-12(10)18(11)14/h1-7,19H/b17-13+. The normalized spacial score (nSPS) is 14.9. The van der Waals surface area contributed by atoms with E-state index in [1.54, 1.807) is 0 Å². The van der Waals surface area contributed by atoms with Crippen molar-refractivity contribution in [1.29, 1.82) is 0 Å². The number of nitrogens with zero attached hydrogens (tertiary/aromatic N) is 3. The Balaban J connectivity index is 2.18. The molecule has 92 valence electrons. The SMILES string of the molecule is O/N=C1\c2cc(Br)ccc2-n2c1nc1ccccc12. The molecule has 4 nitrogen and oxygen atoms in total. The van der Waals surface area contributed by atoms with Crippen LogP contribution in [0, 0.1) is 0 Å². The van der Waals surface area contributed by atoms with Crippen LogP contribution in [0.25, 0.3) is 16.7 Å². The second kappa shape index (κ2) is 3.68. The van der Waals surface area contributed by atoms with Gasteiger partial charge in [-0.15, -0.1) is 0 Å². The maximum Gasteiger partial charge on any atom is 0.168 e. The molecule has 0 fully saturated rings. The number of oxime groups is 1. The Morgan fingerprint density at radius 1 is 1.16 bits per heavy atom. The van der Waals surface area contributed by atoms with Crippen molar-refractivity contribution in [1.82, 2.24) is 9.55 Å².